The first-order chi connectivity index (χ1) is 6.75. The Morgan fingerprint density at radius 2 is 2.21 bits per heavy atom. The lowest BCUT2D eigenvalue weighted by molar-refractivity contribution is -0.126. The quantitative estimate of drug-likeness (QED) is 0.751. The molecule has 1 aromatic rings. The van der Waals surface area contributed by atoms with Gasteiger partial charge in [-0.2, -0.15) is 0 Å². The van der Waals surface area contributed by atoms with Crippen molar-refractivity contribution in [3.05, 3.63) is 29.8 Å². The zero-order valence-corrected chi connectivity index (χ0v) is 7.80. The van der Waals surface area contributed by atoms with Crippen molar-refractivity contribution >= 4 is 11.6 Å². The van der Waals surface area contributed by atoms with E-state index in [9.17, 15) is 9.90 Å². The van der Waals surface area contributed by atoms with Crippen LogP contribution in [-0.4, -0.2) is 24.9 Å². The average molecular weight is 193 g/mol. The zero-order chi connectivity index (χ0) is 10.1. The van der Waals surface area contributed by atoms with E-state index < -0.39 is 6.10 Å². The Kier molecular flexibility index (Phi) is 2.23. The molecule has 0 fully saturated rings. The topological polar surface area (TPSA) is 49.8 Å². The van der Waals surface area contributed by atoms with Crippen LogP contribution < -0.4 is 4.90 Å². The maximum atomic E-state index is 11.5. The van der Waals surface area contributed by atoms with Crippen molar-refractivity contribution in [2.45, 2.75) is 6.10 Å². The van der Waals surface area contributed by atoms with Gasteiger partial charge in [0.05, 0.1) is 5.69 Å². The van der Waals surface area contributed by atoms with Crippen LogP contribution in [0.1, 0.15) is 11.7 Å². The summed E-state index contributed by atoms with van der Waals surface area (Å²) in [4.78, 5) is 13.0. The first-order valence-electron chi connectivity index (χ1n) is 4.33. The predicted molar refractivity (Wildman–Crippen MR) is 50.8 cm³/mol. The Labute approximate surface area is 81.7 Å². The highest BCUT2D eigenvalue weighted by Crippen LogP contribution is 2.34. The predicted octanol–water partition coefficient (Wildman–Crippen LogP) is 0.670. The highest BCUT2D eigenvalue weighted by molar-refractivity contribution is 6.03. The molecule has 0 saturated carbocycles. The summed E-state index contributed by atoms with van der Waals surface area (Å²) in [5.74, 6) is -0.326. The fourth-order valence-electron chi connectivity index (χ4n) is 1.63. The molecule has 0 spiro atoms. The third-order valence-corrected chi connectivity index (χ3v) is 2.28. The third kappa shape index (κ3) is 1.20. The number of amides is 1. The molecule has 1 aromatic carbocycles. The number of aliphatic hydroxyl groups excluding tert-OH is 1. The normalized spacial score (nSPS) is 20.0. The van der Waals surface area contributed by atoms with Crippen LogP contribution in [0.25, 0.3) is 0 Å². The van der Waals surface area contributed by atoms with Gasteiger partial charge in [0.1, 0.15) is 6.73 Å². The maximum Gasteiger partial charge on any atom is 0.262 e. The van der Waals surface area contributed by atoms with Crippen molar-refractivity contribution < 1.29 is 14.6 Å². The first kappa shape index (κ1) is 9.18. The molecule has 1 N–H and O–H groups in total. The van der Waals surface area contributed by atoms with E-state index in [1.807, 2.05) is 6.07 Å². The fourth-order valence-corrected chi connectivity index (χ4v) is 1.63. The molecule has 1 amide bonds. The Bertz CT molecular complexity index is 364. The van der Waals surface area contributed by atoms with Gasteiger partial charge in [0.25, 0.3) is 5.91 Å². The maximum absolute atomic E-state index is 11.5. The van der Waals surface area contributed by atoms with Gasteiger partial charge in [-0.1, -0.05) is 18.2 Å². The van der Waals surface area contributed by atoms with Crippen molar-refractivity contribution in [1.29, 1.82) is 0 Å². The summed E-state index contributed by atoms with van der Waals surface area (Å²) in [5.41, 5.74) is 1.38. The monoisotopic (exact) mass is 193 g/mol. The van der Waals surface area contributed by atoms with E-state index in [0.717, 1.165) is 5.69 Å². The molecule has 0 radical (unpaired) electrons. The minimum Gasteiger partial charge on any atom is -0.378 e. The number of rotatable bonds is 2. The van der Waals surface area contributed by atoms with Crippen molar-refractivity contribution in [2.24, 2.45) is 0 Å². The van der Waals surface area contributed by atoms with Gasteiger partial charge in [0, 0.05) is 12.7 Å². The smallest absolute Gasteiger partial charge is 0.262 e. The Morgan fingerprint density at radius 1 is 1.50 bits per heavy atom. The van der Waals surface area contributed by atoms with Crippen LogP contribution in [0.2, 0.25) is 0 Å². The number of anilines is 1. The molecule has 1 heterocycles. The molecule has 14 heavy (non-hydrogen) atoms. The van der Waals surface area contributed by atoms with E-state index in [4.69, 9.17) is 4.74 Å². The lowest BCUT2D eigenvalue weighted by Gasteiger charge is -2.15. The van der Waals surface area contributed by atoms with Gasteiger partial charge in [-0.3, -0.25) is 9.69 Å². The highest BCUT2D eigenvalue weighted by Gasteiger charge is 2.35. The van der Waals surface area contributed by atoms with Crippen molar-refractivity contribution in [3.8, 4) is 0 Å². The Balaban J connectivity index is 2.42. The molecule has 0 bridgehead atoms. The molecule has 74 valence electrons. The van der Waals surface area contributed by atoms with E-state index in [1.165, 1.54) is 12.0 Å². The SMILES string of the molecule is COCN1C(=O)C(O)c2ccccc21. The number of ether oxygens (including phenoxy) is 1. The number of benzene rings is 1. The van der Waals surface area contributed by atoms with Gasteiger partial charge < -0.3 is 9.84 Å². The number of nitrogens with zero attached hydrogens (tertiary/aromatic N) is 1. The number of hydrogen-bond acceptors (Lipinski definition) is 3. The lowest BCUT2D eigenvalue weighted by atomic mass is 10.1. The summed E-state index contributed by atoms with van der Waals surface area (Å²) in [6.45, 7) is 0.174. The standard InChI is InChI=1S/C10H11NO3/c1-14-6-11-8-5-3-2-4-7(8)9(12)10(11)13/h2-5,9,12H,6H2,1H3. The molecule has 1 aliphatic rings. The van der Waals surface area contributed by atoms with E-state index in [-0.39, 0.29) is 12.6 Å². The molecule has 1 atom stereocenters. The van der Waals surface area contributed by atoms with Gasteiger partial charge in [0.15, 0.2) is 6.10 Å². The van der Waals surface area contributed by atoms with E-state index in [0.29, 0.717) is 5.56 Å². The van der Waals surface area contributed by atoms with Crippen LogP contribution in [-0.2, 0) is 9.53 Å². The van der Waals surface area contributed by atoms with Crippen LogP contribution >= 0.6 is 0 Å². The second kappa shape index (κ2) is 3.40. The van der Waals surface area contributed by atoms with E-state index in [1.54, 1.807) is 18.2 Å². The number of hydrogen-bond donors (Lipinski definition) is 1. The Morgan fingerprint density at radius 3 is 2.93 bits per heavy atom. The molecule has 4 nitrogen and oxygen atoms in total. The minimum atomic E-state index is -1.04. The molecule has 0 aliphatic carbocycles. The summed E-state index contributed by atoms with van der Waals surface area (Å²) >= 11 is 0. The molecule has 2 rings (SSSR count). The van der Waals surface area contributed by atoms with Gasteiger partial charge in [0.2, 0.25) is 0 Å². The fraction of sp³-hybridized carbons (Fsp3) is 0.300. The molecule has 0 aromatic heterocycles. The second-order valence-electron chi connectivity index (χ2n) is 3.15. The van der Waals surface area contributed by atoms with Crippen LogP contribution in [0.4, 0.5) is 5.69 Å². The zero-order valence-electron chi connectivity index (χ0n) is 7.80. The van der Waals surface area contributed by atoms with Gasteiger partial charge >= 0.3 is 0 Å². The van der Waals surface area contributed by atoms with Crippen molar-refractivity contribution in [1.82, 2.24) is 0 Å². The van der Waals surface area contributed by atoms with Gasteiger partial charge in [-0.05, 0) is 6.07 Å². The highest BCUT2D eigenvalue weighted by atomic mass is 16.5. The van der Waals surface area contributed by atoms with Crippen LogP contribution in [0.3, 0.4) is 0 Å². The van der Waals surface area contributed by atoms with E-state index in [2.05, 4.69) is 0 Å². The third-order valence-electron chi connectivity index (χ3n) is 2.28. The summed E-state index contributed by atoms with van der Waals surface area (Å²) < 4.78 is 4.90. The number of methoxy groups -OCH3 is 1. The average Bonchev–Trinajstić information content (AvgIpc) is 2.45. The molecular formula is C10H11NO3. The second-order valence-corrected chi connectivity index (χ2v) is 3.15. The van der Waals surface area contributed by atoms with Crippen molar-refractivity contribution in [3.63, 3.8) is 0 Å². The first-order valence-corrected chi connectivity index (χ1v) is 4.33. The molecule has 4 heteroatoms. The number of aliphatic hydroxyl groups is 1. The summed E-state index contributed by atoms with van der Waals surface area (Å²) in [5, 5.41) is 9.60. The summed E-state index contributed by atoms with van der Waals surface area (Å²) in [6.07, 6.45) is -1.04. The number of carbonyl (C=O) groups is 1. The van der Waals surface area contributed by atoms with Gasteiger partial charge in [-0.25, -0.2) is 0 Å². The summed E-state index contributed by atoms with van der Waals surface area (Å²) in [6, 6.07) is 7.16. The van der Waals surface area contributed by atoms with Crippen LogP contribution in [0.5, 0.6) is 0 Å². The number of fused-ring (bicyclic) bond motifs is 1. The van der Waals surface area contributed by atoms with Crippen LogP contribution in [0, 0.1) is 0 Å². The molecule has 0 saturated heterocycles. The van der Waals surface area contributed by atoms with E-state index >= 15 is 0 Å². The number of carbonyl (C=O) groups excluding carboxylic acids is 1. The molecule has 1 aliphatic heterocycles. The lowest BCUT2D eigenvalue weighted by Crippen LogP contribution is -2.30. The Hall–Kier alpha value is -1.39. The summed E-state index contributed by atoms with van der Waals surface area (Å²) in [7, 11) is 1.51. The number of para-hydroxylation sites is 1. The molecule has 1 unspecified atom stereocenters. The van der Waals surface area contributed by atoms with Crippen molar-refractivity contribution in [2.75, 3.05) is 18.7 Å². The largest absolute Gasteiger partial charge is 0.378 e. The molecular weight excluding hydrogens is 182 g/mol. The van der Waals surface area contributed by atoms with Gasteiger partial charge in [-0.15, -0.1) is 0 Å². The minimum absolute atomic E-state index is 0.174. The van der Waals surface area contributed by atoms with Crippen LogP contribution in [0.15, 0.2) is 24.3 Å².